The summed E-state index contributed by atoms with van der Waals surface area (Å²) in [4.78, 5) is 27.5. The van der Waals surface area contributed by atoms with Crippen LogP contribution in [0.5, 0.6) is 5.75 Å². The normalized spacial score (nSPS) is 30.0. The van der Waals surface area contributed by atoms with E-state index >= 15 is 0 Å². The summed E-state index contributed by atoms with van der Waals surface area (Å²) in [5, 5.41) is 10.5. The highest BCUT2D eigenvalue weighted by molar-refractivity contribution is 6.00. The molecule has 0 radical (unpaired) electrons. The fraction of sp³-hybridized carbons (Fsp3) is 0.368. The van der Waals surface area contributed by atoms with Crippen LogP contribution in [-0.2, 0) is 14.3 Å². The Morgan fingerprint density at radius 1 is 1.36 bits per heavy atom. The van der Waals surface area contributed by atoms with Gasteiger partial charge in [0, 0.05) is 7.05 Å². The second-order valence-corrected chi connectivity index (χ2v) is 7.34. The molecule has 0 aliphatic carbocycles. The predicted molar refractivity (Wildman–Crippen MR) is 97.9 cm³/mol. The van der Waals surface area contributed by atoms with E-state index in [-0.39, 0.29) is 11.8 Å². The number of carbonyl (C=O) groups is 2. The fourth-order valence-electron chi connectivity index (χ4n) is 4.50. The second kappa shape index (κ2) is 5.90. The molecule has 9 nitrogen and oxygen atoms in total. The van der Waals surface area contributed by atoms with Gasteiger partial charge in [-0.25, -0.2) is 0 Å². The summed E-state index contributed by atoms with van der Waals surface area (Å²) >= 11 is 0. The first kappa shape index (κ1) is 16.9. The topological polar surface area (TPSA) is 98.6 Å². The first-order chi connectivity index (χ1) is 13.5. The average molecular weight is 381 g/mol. The Morgan fingerprint density at radius 2 is 2.14 bits per heavy atom. The minimum atomic E-state index is -0.688. The van der Waals surface area contributed by atoms with E-state index in [1.165, 1.54) is 7.11 Å². The molecule has 5 rings (SSSR count). The SMILES string of the molecule is COc1ccc(-n2cnnc2)cc1NC(=O)[C@H]1[C@@H]2C=C[C@@]3(CN(C)C(=O)[C@@H]13)O2. The van der Waals surface area contributed by atoms with Crippen LogP contribution in [-0.4, -0.2) is 63.9 Å². The first-order valence-electron chi connectivity index (χ1n) is 8.98. The molecule has 28 heavy (non-hydrogen) atoms. The van der Waals surface area contributed by atoms with Crippen LogP contribution in [0.2, 0.25) is 0 Å². The van der Waals surface area contributed by atoms with E-state index in [2.05, 4.69) is 15.5 Å². The van der Waals surface area contributed by atoms with Crippen LogP contribution in [0.4, 0.5) is 5.69 Å². The fourth-order valence-corrected chi connectivity index (χ4v) is 4.50. The summed E-state index contributed by atoms with van der Waals surface area (Å²) in [5.41, 5.74) is 0.601. The maximum Gasteiger partial charge on any atom is 0.231 e. The van der Waals surface area contributed by atoms with E-state index in [9.17, 15) is 9.59 Å². The average Bonchev–Trinajstić information content (AvgIpc) is 3.44. The molecule has 3 aliphatic rings. The number of fused-ring (bicyclic) bond motifs is 1. The number of nitrogens with one attached hydrogen (secondary N) is 1. The van der Waals surface area contributed by atoms with E-state index in [0.29, 0.717) is 18.0 Å². The monoisotopic (exact) mass is 381 g/mol. The largest absolute Gasteiger partial charge is 0.495 e. The van der Waals surface area contributed by atoms with Crippen LogP contribution in [0.1, 0.15) is 0 Å². The van der Waals surface area contributed by atoms with Crippen molar-refractivity contribution in [2.45, 2.75) is 11.7 Å². The number of nitrogens with zero attached hydrogens (tertiary/aromatic N) is 4. The first-order valence-corrected chi connectivity index (χ1v) is 8.98. The summed E-state index contributed by atoms with van der Waals surface area (Å²) in [6.45, 7) is 0.472. The third-order valence-electron chi connectivity index (χ3n) is 5.75. The number of aromatic nitrogens is 3. The summed E-state index contributed by atoms with van der Waals surface area (Å²) in [6, 6.07) is 5.38. The molecule has 0 unspecified atom stereocenters. The number of likely N-dealkylation sites (tertiary alicyclic amines) is 1. The van der Waals surface area contributed by atoms with Gasteiger partial charge < -0.3 is 19.7 Å². The molecule has 2 bridgehead atoms. The number of rotatable bonds is 4. The van der Waals surface area contributed by atoms with Crippen molar-refractivity contribution in [3.63, 3.8) is 0 Å². The zero-order valence-corrected chi connectivity index (χ0v) is 15.4. The van der Waals surface area contributed by atoms with Crippen molar-refractivity contribution in [2.75, 3.05) is 26.0 Å². The van der Waals surface area contributed by atoms with Crippen molar-refractivity contribution in [3.05, 3.63) is 43.0 Å². The van der Waals surface area contributed by atoms with Gasteiger partial charge in [0.25, 0.3) is 0 Å². The molecule has 144 valence electrons. The van der Waals surface area contributed by atoms with Gasteiger partial charge >= 0.3 is 0 Å². The number of hydrogen-bond acceptors (Lipinski definition) is 6. The van der Waals surface area contributed by atoms with Gasteiger partial charge in [-0.1, -0.05) is 12.2 Å². The van der Waals surface area contributed by atoms with Gasteiger partial charge in [0.05, 0.1) is 43.0 Å². The number of hydrogen-bond donors (Lipinski definition) is 1. The third-order valence-corrected chi connectivity index (χ3v) is 5.75. The quantitative estimate of drug-likeness (QED) is 0.780. The van der Waals surface area contributed by atoms with Gasteiger partial charge in [-0.3, -0.25) is 14.2 Å². The molecule has 0 saturated carbocycles. The summed E-state index contributed by atoms with van der Waals surface area (Å²) in [7, 11) is 3.28. The molecular weight excluding hydrogens is 362 g/mol. The smallest absolute Gasteiger partial charge is 0.231 e. The van der Waals surface area contributed by atoms with Crippen LogP contribution in [0.25, 0.3) is 5.69 Å². The third kappa shape index (κ3) is 2.29. The number of amides is 2. The number of benzene rings is 1. The van der Waals surface area contributed by atoms with Crippen molar-refractivity contribution in [3.8, 4) is 11.4 Å². The zero-order chi connectivity index (χ0) is 19.5. The lowest BCUT2D eigenvalue weighted by Gasteiger charge is -2.24. The molecule has 2 fully saturated rings. The minimum absolute atomic E-state index is 0.0581. The van der Waals surface area contributed by atoms with Gasteiger partial charge in [-0.05, 0) is 18.2 Å². The highest BCUT2D eigenvalue weighted by atomic mass is 16.5. The molecule has 1 N–H and O–H groups in total. The van der Waals surface area contributed by atoms with Crippen molar-refractivity contribution >= 4 is 17.5 Å². The number of ether oxygens (including phenoxy) is 2. The van der Waals surface area contributed by atoms with Crippen molar-refractivity contribution in [1.82, 2.24) is 19.7 Å². The van der Waals surface area contributed by atoms with Gasteiger partial charge in [0.2, 0.25) is 11.8 Å². The summed E-state index contributed by atoms with van der Waals surface area (Å²) in [5.74, 6) is -0.874. The lowest BCUT2D eigenvalue weighted by atomic mass is 9.76. The highest BCUT2D eigenvalue weighted by Crippen LogP contribution is 2.51. The van der Waals surface area contributed by atoms with Gasteiger partial charge in [0.1, 0.15) is 24.0 Å². The molecular formula is C19H19N5O4. The molecule has 1 aromatic heterocycles. The number of methoxy groups -OCH3 is 1. The molecule has 9 heteroatoms. The molecule has 4 atom stereocenters. The van der Waals surface area contributed by atoms with Crippen LogP contribution in [0, 0.1) is 11.8 Å². The van der Waals surface area contributed by atoms with E-state index in [0.717, 1.165) is 5.69 Å². The van der Waals surface area contributed by atoms with Crippen molar-refractivity contribution < 1.29 is 19.1 Å². The predicted octanol–water partition coefficient (Wildman–Crippen LogP) is 0.626. The van der Waals surface area contributed by atoms with Crippen LogP contribution in [0.3, 0.4) is 0 Å². The Kier molecular flexibility index (Phi) is 3.57. The number of likely N-dealkylation sites (N-methyl/N-ethyl adjacent to an activating group) is 1. The number of carbonyl (C=O) groups excluding carboxylic acids is 2. The van der Waals surface area contributed by atoms with Crippen LogP contribution >= 0.6 is 0 Å². The van der Waals surface area contributed by atoms with E-state index < -0.39 is 23.5 Å². The Bertz CT molecular complexity index is 988. The van der Waals surface area contributed by atoms with Gasteiger partial charge in [0.15, 0.2) is 0 Å². The van der Waals surface area contributed by atoms with E-state index in [4.69, 9.17) is 9.47 Å². The highest BCUT2D eigenvalue weighted by Gasteiger charge is 2.66. The lowest BCUT2D eigenvalue weighted by molar-refractivity contribution is -0.134. The van der Waals surface area contributed by atoms with Crippen LogP contribution in [0.15, 0.2) is 43.0 Å². The molecule has 2 aromatic rings. The Morgan fingerprint density at radius 3 is 2.89 bits per heavy atom. The maximum atomic E-state index is 13.2. The number of anilines is 1. The van der Waals surface area contributed by atoms with E-state index in [1.807, 2.05) is 18.2 Å². The van der Waals surface area contributed by atoms with Gasteiger partial charge in [-0.15, -0.1) is 10.2 Å². The second-order valence-electron chi connectivity index (χ2n) is 7.34. The zero-order valence-electron chi connectivity index (χ0n) is 15.4. The van der Waals surface area contributed by atoms with Crippen molar-refractivity contribution in [2.24, 2.45) is 11.8 Å². The molecule has 2 amide bonds. The van der Waals surface area contributed by atoms with Gasteiger partial charge in [-0.2, -0.15) is 0 Å². The molecule has 2 saturated heterocycles. The van der Waals surface area contributed by atoms with E-state index in [1.54, 1.807) is 41.3 Å². The molecule has 1 spiro atoms. The van der Waals surface area contributed by atoms with Crippen molar-refractivity contribution in [1.29, 1.82) is 0 Å². The minimum Gasteiger partial charge on any atom is -0.495 e. The Labute approximate surface area is 160 Å². The summed E-state index contributed by atoms with van der Waals surface area (Å²) in [6.07, 6.45) is 6.56. The molecule has 1 aromatic carbocycles. The lowest BCUT2D eigenvalue weighted by Crippen LogP contribution is -2.41. The standard InChI is InChI=1S/C19H19N5O4/c1-23-8-19-6-5-14(28-19)15(16(19)18(23)26)17(25)22-12-7-11(3-4-13(12)27-2)24-9-20-21-10-24/h3-7,9-10,14-16H,8H2,1-2H3,(H,22,25)/t14-,15-,16+,19-/m0/s1. The molecule has 4 heterocycles. The Balaban J connectivity index is 1.45. The van der Waals surface area contributed by atoms with Crippen LogP contribution < -0.4 is 10.1 Å². The Hall–Kier alpha value is -3.20. The molecule has 3 aliphatic heterocycles. The maximum absolute atomic E-state index is 13.2. The summed E-state index contributed by atoms with van der Waals surface area (Å²) < 4.78 is 13.2.